The van der Waals surface area contributed by atoms with Gasteiger partial charge in [-0.25, -0.2) is 9.37 Å². The Labute approximate surface area is 89.0 Å². The zero-order valence-corrected chi connectivity index (χ0v) is 8.70. The smallest absolute Gasteiger partial charge is 0.142 e. The van der Waals surface area contributed by atoms with Gasteiger partial charge in [-0.15, -0.1) is 0 Å². The summed E-state index contributed by atoms with van der Waals surface area (Å²) in [6, 6.07) is 6.87. The van der Waals surface area contributed by atoms with Gasteiger partial charge in [0.05, 0.1) is 11.9 Å². The first-order chi connectivity index (χ1) is 6.75. The van der Waals surface area contributed by atoms with E-state index < -0.39 is 0 Å². The van der Waals surface area contributed by atoms with Gasteiger partial charge in [-0.2, -0.15) is 0 Å². The molecule has 2 heterocycles. The second-order valence-electron chi connectivity index (χ2n) is 2.74. The van der Waals surface area contributed by atoms with Crippen molar-refractivity contribution < 1.29 is 4.39 Å². The summed E-state index contributed by atoms with van der Waals surface area (Å²) >= 11 is 3.25. The quantitative estimate of drug-likeness (QED) is 0.730. The first-order valence-electron chi connectivity index (χ1n) is 3.99. The molecule has 2 rings (SSSR count). The van der Waals surface area contributed by atoms with Gasteiger partial charge in [0.15, 0.2) is 0 Å². The molecule has 0 aromatic carbocycles. The molecule has 0 bridgehead atoms. The summed E-state index contributed by atoms with van der Waals surface area (Å²) in [6.45, 7) is 0. The van der Waals surface area contributed by atoms with Gasteiger partial charge in [0.1, 0.15) is 10.4 Å². The van der Waals surface area contributed by atoms with Crippen LogP contribution in [0.15, 0.2) is 41.3 Å². The van der Waals surface area contributed by atoms with E-state index in [2.05, 4.69) is 25.9 Å². The van der Waals surface area contributed by atoms with Crippen molar-refractivity contribution in [2.75, 3.05) is 0 Å². The van der Waals surface area contributed by atoms with Gasteiger partial charge >= 0.3 is 0 Å². The fraction of sp³-hybridized carbons (Fsp3) is 0. The van der Waals surface area contributed by atoms with E-state index in [9.17, 15) is 4.39 Å². The third kappa shape index (κ3) is 1.96. The van der Waals surface area contributed by atoms with Crippen LogP contribution in [0.4, 0.5) is 4.39 Å². The van der Waals surface area contributed by atoms with Crippen molar-refractivity contribution in [2.45, 2.75) is 0 Å². The molecule has 2 nitrogen and oxygen atoms in total. The van der Waals surface area contributed by atoms with E-state index >= 15 is 0 Å². The second-order valence-corrected chi connectivity index (χ2v) is 3.55. The molecule has 14 heavy (non-hydrogen) atoms. The molecule has 0 aliphatic rings. The molecule has 0 N–H and O–H groups in total. The molecule has 0 unspecified atom stereocenters. The highest BCUT2D eigenvalue weighted by molar-refractivity contribution is 9.10. The Hall–Kier alpha value is -1.29. The Morgan fingerprint density at radius 2 is 2.07 bits per heavy atom. The first kappa shape index (κ1) is 9.27. The summed E-state index contributed by atoms with van der Waals surface area (Å²) in [4.78, 5) is 7.95. The third-order valence-electron chi connectivity index (χ3n) is 1.72. The van der Waals surface area contributed by atoms with Gasteiger partial charge in [0.25, 0.3) is 0 Å². The van der Waals surface area contributed by atoms with Crippen LogP contribution in [0.3, 0.4) is 0 Å². The van der Waals surface area contributed by atoms with Crippen molar-refractivity contribution in [3.63, 3.8) is 0 Å². The Morgan fingerprint density at radius 3 is 2.79 bits per heavy atom. The van der Waals surface area contributed by atoms with Crippen molar-refractivity contribution in [3.8, 4) is 11.3 Å². The maximum absolute atomic E-state index is 12.9. The molecular weight excluding hydrogens is 247 g/mol. The standard InChI is InChI=1S/C10H6BrFN2/c11-10-3-1-2-9(14-10)7-4-8(12)6-13-5-7/h1-6H. The molecule has 0 atom stereocenters. The summed E-state index contributed by atoms with van der Waals surface area (Å²) in [7, 11) is 0. The summed E-state index contributed by atoms with van der Waals surface area (Å²) in [5.74, 6) is -0.357. The zero-order chi connectivity index (χ0) is 9.97. The zero-order valence-electron chi connectivity index (χ0n) is 7.11. The van der Waals surface area contributed by atoms with E-state index in [1.807, 2.05) is 12.1 Å². The molecular formula is C10H6BrFN2. The average Bonchev–Trinajstić information content (AvgIpc) is 2.18. The Bertz CT molecular complexity index is 416. The second kappa shape index (κ2) is 3.84. The fourth-order valence-corrected chi connectivity index (χ4v) is 1.46. The van der Waals surface area contributed by atoms with Crippen LogP contribution in [0.2, 0.25) is 0 Å². The summed E-state index contributed by atoms with van der Waals surface area (Å²) < 4.78 is 13.6. The summed E-state index contributed by atoms with van der Waals surface area (Å²) in [6.07, 6.45) is 2.75. The number of halogens is 2. The lowest BCUT2D eigenvalue weighted by molar-refractivity contribution is 0.622. The highest BCUT2D eigenvalue weighted by Crippen LogP contribution is 2.18. The number of pyridine rings is 2. The Balaban J connectivity index is 2.49. The van der Waals surface area contributed by atoms with Crippen LogP contribution in [0, 0.1) is 5.82 Å². The van der Waals surface area contributed by atoms with Crippen LogP contribution in [0.25, 0.3) is 11.3 Å². The van der Waals surface area contributed by atoms with Gasteiger partial charge in [0, 0.05) is 11.8 Å². The lowest BCUT2D eigenvalue weighted by Gasteiger charge is -2.00. The molecule has 70 valence electrons. The minimum Gasteiger partial charge on any atom is -0.261 e. The van der Waals surface area contributed by atoms with Crippen LogP contribution < -0.4 is 0 Å². The molecule has 4 heteroatoms. The maximum Gasteiger partial charge on any atom is 0.142 e. The van der Waals surface area contributed by atoms with Crippen LogP contribution in [0.5, 0.6) is 0 Å². The SMILES string of the molecule is Fc1cncc(-c2cccc(Br)n2)c1. The van der Waals surface area contributed by atoms with E-state index in [1.165, 1.54) is 12.3 Å². The highest BCUT2D eigenvalue weighted by atomic mass is 79.9. The van der Waals surface area contributed by atoms with Crippen LogP contribution in [-0.2, 0) is 0 Å². The summed E-state index contributed by atoms with van der Waals surface area (Å²) in [5, 5.41) is 0. The lowest BCUT2D eigenvalue weighted by Crippen LogP contribution is -1.86. The van der Waals surface area contributed by atoms with E-state index in [0.717, 1.165) is 4.60 Å². The van der Waals surface area contributed by atoms with E-state index in [-0.39, 0.29) is 5.82 Å². The fourth-order valence-electron chi connectivity index (χ4n) is 1.12. The largest absolute Gasteiger partial charge is 0.261 e. The van der Waals surface area contributed by atoms with E-state index in [4.69, 9.17) is 0 Å². The van der Waals surface area contributed by atoms with Crippen LogP contribution in [-0.4, -0.2) is 9.97 Å². The number of aromatic nitrogens is 2. The Morgan fingerprint density at radius 1 is 1.21 bits per heavy atom. The van der Waals surface area contributed by atoms with Gasteiger partial charge in [-0.3, -0.25) is 4.98 Å². The molecule has 0 aliphatic carbocycles. The van der Waals surface area contributed by atoms with Gasteiger partial charge in [0.2, 0.25) is 0 Å². The normalized spacial score (nSPS) is 10.1. The molecule has 0 spiro atoms. The molecule has 0 saturated carbocycles. The average molecular weight is 253 g/mol. The molecule has 0 aliphatic heterocycles. The maximum atomic E-state index is 12.9. The Kier molecular flexibility index (Phi) is 2.54. The monoisotopic (exact) mass is 252 g/mol. The lowest BCUT2D eigenvalue weighted by atomic mass is 10.2. The molecule has 0 fully saturated rings. The molecule has 0 saturated heterocycles. The molecule has 2 aromatic rings. The van der Waals surface area contributed by atoms with Crippen molar-refractivity contribution in [3.05, 3.63) is 47.1 Å². The predicted molar refractivity (Wildman–Crippen MR) is 55.1 cm³/mol. The number of nitrogens with zero attached hydrogens (tertiary/aromatic N) is 2. The van der Waals surface area contributed by atoms with E-state index in [1.54, 1.807) is 12.3 Å². The van der Waals surface area contributed by atoms with Gasteiger partial charge in [-0.1, -0.05) is 6.07 Å². The van der Waals surface area contributed by atoms with Gasteiger partial charge < -0.3 is 0 Å². The summed E-state index contributed by atoms with van der Waals surface area (Å²) in [5.41, 5.74) is 1.37. The highest BCUT2D eigenvalue weighted by Gasteiger charge is 2.01. The predicted octanol–water partition coefficient (Wildman–Crippen LogP) is 3.05. The first-order valence-corrected chi connectivity index (χ1v) is 4.78. The van der Waals surface area contributed by atoms with Crippen LogP contribution in [0.1, 0.15) is 0 Å². The van der Waals surface area contributed by atoms with Crippen molar-refractivity contribution in [1.29, 1.82) is 0 Å². The van der Waals surface area contributed by atoms with Crippen molar-refractivity contribution in [2.24, 2.45) is 0 Å². The van der Waals surface area contributed by atoms with Crippen LogP contribution >= 0.6 is 15.9 Å². The minimum atomic E-state index is -0.357. The molecule has 0 amide bonds. The van der Waals surface area contributed by atoms with Crippen molar-refractivity contribution >= 4 is 15.9 Å². The molecule has 0 radical (unpaired) electrons. The van der Waals surface area contributed by atoms with E-state index in [0.29, 0.717) is 11.3 Å². The van der Waals surface area contributed by atoms with Crippen molar-refractivity contribution in [1.82, 2.24) is 9.97 Å². The van der Waals surface area contributed by atoms with Gasteiger partial charge in [-0.05, 0) is 34.1 Å². The topological polar surface area (TPSA) is 25.8 Å². The third-order valence-corrected chi connectivity index (χ3v) is 2.16. The number of hydrogen-bond donors (Lipinski definition) is 0. The number of rotatable bonds is 1. The molecule has 2 aromatic heterocycles. The number of hydrogen-bond acceptors (Lipinski definition) is 2. The minimum absolute atomic E-state index is 0.357.